The lowest BCUT2D eigenvalue weighted by Crippen LogP contribution is -2.49. The van der Waals surface area contributed by atoms with Crippen molar-refractivity contribution in [2.45, 2.75) is 13.8 Å². The van der Waals surface area contributed by atoms with Crippen LogP contribution in [0.25, 0.3) is 10.9 Å². The molecular formula is C23H24N4O5. The number of non-ortho nitro benzene ring substituents is 1. The molecule has 2 heterocycles. The summed E-state index contributed by atoms with van der Waals surface area (Å²) in [5, 5.41) is 11.8. The third-order valence-corrected chi connectivity index (χ3v) is 5.93. The quantitative estimate of drug-likeness (QED) is 0.374. The Labute approximate surface area is 184 Å². The van der Waals surface area contributed by atoms with Crippen molar-refractivity contribution >= 4 is 34.2 Å². The Morgan fingerprint density at radius 2 is 1.75 bits per heavy atom. The highest BCUT2D eigenvalue weighted by Crippen LogP contribution is 2.23. The van der Waals surface area contributed by atoms with Crippen LogP contribution in [0.3, 0.4) is 0 Å². The Hall–Kier alpha value is -3.88. The summed E-state index contributed by atoms with van der Waals surface area (Å²) in [4.78, 5) is 42.3. The van der Waals surface area contributed by atoms with Crippen LogP contribution in [0.1, 0.15) is 21.6 Å². The second-order valence-electron chi connectivity index (χ2n) is 7.85. The molecule has 0 atom stereocenters. The number of amides is 1. The van der Waals surface area contributed by atoms with Crippen molar-refractivity contribution in [3.63, 3.8) is 0 Å². The average molecular weight is 436 g/mol. The Morgan fingerprint density at radius 3 is 2.41 bits per heavy atom. The molecule has 166 valence electrons. The van der Waals surface area contributed by atoms with Crippen LogP contribution in [-0.2, 0) is 9.53 Å². The Balaban J connectivity index is 1.30. The maximum atomic E-state index is 12.5. The third-order valence-electron chi connectivity index (χ3n) is 5.93. The van der Waals surface area contributed by atoms with Crippen LogP contribution in [0, 0.1) is 24.0 Å². The van der Waals surface area contributed by atoms with Gasteiger partial charge >= 0.3 is 5.97 Å². The summed E-state index contributed by atoms with van der Waals surface area (Å²) in [6.45, 7) is 5.83. The Kier molecular flexibility index (Phi) is 5.81. The van der Waals surface area contributed by atoms with Crippen molar-refractivity contribution in [2.75, 3.05) is 37.7 Å². The predicted octanol–water partition coefficient (Wildman–Crippen LogP) is 3.20. The number of ether oxygens (including phenoxy) is 1. The van der Waals surface area contributed by atoms with Crippen molar-refractivity contribution in [2.24, 2.45) is 0 Å². The maximum Gasteiger partial charge on any atom is 0.338 e. The SMILES string of the molecule is Cc1[nH]c2ccc(C(=O)OCC(=O)N3CCN(c4ccc([N+](=O)[O-])cc4)CC3)cc2c1C. The van der Waals surface area contributed by atoms with Gasteiger partial charge in [-0.3, -0.25) is 14.9 Å². The second-order valence-corrected chi connectivity index (χ2v) is 7.85. The maximum absolute atomic E-state index is 12.5. The first kappa shape index (κ1) is 21.4. The van der Waals surface area contributed by atoms with Crippen molar-refractivity contribution in [3.8, 4) is 0 Å². The molecule has 0 spiro atoms. The minimum absolute atomic E-state index is 0.0466. The molecule has 9 heteroatoms. The second kappa shape index (κ2) is 8.70. The summed E-state index contributed by atoms with van der Waals surface area (Å²) >= 11 is 0. The van der Waals surface area contributed by atoms with E-state index in [0.29, 0.717) is 31.7 Å². The van der Waals surface area contributed by atoms with Gasteiger partial charge in [0.25, 0.3) is 11.6 Å². The van der Waals surface area contributed by atoms with Crippen molar-refractivity contribution in [1.82, 2.24) is 9.88 Å². The number of rotatable bonds is 5. The van der Waals surface area contributed by atoms with E-state index in [1.807, 2.05) is 19.9 Å². The monoisotopic (exact) mass is 436 g/mol. The number of carbonyl (C=O) groups excluding carboxylic acids is 2. The van der Waals surface area contributed by atoms with Crippen LogP contribution in [0.15, 0.2) is 42.5 Å². The smallest absolute Gasteiger partial charge is 0.338 e. The number of esters is 1. The number of nitro benzene ring substituents is 1. The molecule has 1 amide bonds. The normalized spacial score (nSPS) is 13.9. The first-order valence-corrected chi connectivity index (χ1v) is 10.4. The number of nitrogens with zero attached hydrogens (tertiary/aromatic N) is 3. The number of aryl methyl sites for hydroxylation is 2. The van der Waals surface area contributed by atoms with E-state index in [-0.39, 0.29) is 18.2 Å². The van der Waals surface area contributed by atoms with E-state index < -0.39 is 10.9 Å². The zero-order valence-corrected chi connectivity index (χ0v) is 18.0. The van der Waals surface area contributed by atoms with E-state index in [0.717, 1.165) is 27.8 Å². The fourth-order valence-electron chi connectivity index (χ4n) is 3.89. The van der Waals surface area contributed by atoms with Gasteiger partial charge < -0.3 is 19.5 Å². The predicted molar refractivity (Wildman–Crippen MR) is 120 cm³/mol. The summed E-state index contributed by atoms with van der Waals surface area (Å²) in [5.74, 6) is -0.764. The van der Waals surface area contributed by atoms with Gasteiger partial charge in [0.15, 0.2) is 6.61 Å². The van der Waals surface area contributed by atoms with Gasteiger partial charge in [-0.2, -0.15) is 0 Å². The molecule has 9 nitrogen and oxygen atoms in total. The molecule has 0 radical (unpaired) electrons. The highest BCUT2D eigenvalue weighted by atomic mass is 16.6. The number of H-pyrrole nitrogens is 1. The summed E-state index contributed by atoms with van der Waals surface area (Å²) < 4.78 is 5.27. The molecule has 1 aliphatic heterocycles. The number of hydrogen-bond donors (Lipinski definition) is 1. The zero-order valence-electron chi connectivity index (χ0n) is 18.0. The number of aromatic nitrogens is 1. The van der Waals surface area contributed by atoms with E-state index in [1.165, 1.54) is 12.1 Å². The van der Waals surface area contributed by atoms with Crippen molar-refractivity contribution < 1.29 is 19.2 Å². The van der Waals surface area contributed by atoms with E-state index in [2.05, 4.69) is 9.88 Å². The van der Waals surface area contributed by atoms with Crippen LogP contribution in [0.4, 0.5) is 11.4 Å². The molecule has 1 fully saturated rings. The van der Waals surface area contributed by atoms with Crippen LogP contribution in [0.2, 0.25) is 0 Å². The average Bonchev–Trinajstić information content (AvgIpc) is 3.10. The van der Waals surface area contributed by atoms with E-state index in [9.17, 15) is 19.7 Å². The molecule has 1 N–H and O–H groups in total. The highest BCUT2D eigenvalue weighted by molar-refractivity contribution is 5.96. The van der Waals surface area contributed by atoms with E-state index in [4.69, 9.17) is 4.74 Å². The van der Waals surface area contributed by atoms with Gasteiger partial charge in [0, 0.05) is 60.6 Å². The number of carbonyl (C=O) groups is 2. The number of nitrogens with one attached hydrogen (secondary N) is 1. The van der Waals surface area contributed by atoms with Crippen LogP contribution in [0.5, 0.6) is 0 Å². The van der Waals surface area contributed by atoms with Crippen molar-refractivity contribution in [1.29, 1.82) is 0 Å². The molecule has 3 aromatic rings. The molecule has 2 aromatic carbocycles. The molecule has 0 aliphatic carbocycles. The minimum Gasteiger partial charge on any atom is -0.452 e. The van der Waals surface area contributed by atoms with Gasteiger partial charge in [-0.05, 0) is 49.7 Å². The first-order valence-electron chi connectivity index (χ1n) is 10.4. The fraction of sp³-hybridized carbons (Fsp3) is 0.304. The van der Waals surface area contributed by atoms with Gasteiger partial charge in [-0.15, -0.1) is 0 Å². The van der Waals surface area contributed by atoms with E-state index >= 15 is 0 Å². The molecule has 0 unspecified atom stereocenters. The number of nitro groups is 1. The molecule has 1 aliphatic rings. The molecule has 4 rings (SSSR count). The van der Waals surface area contributed by atoms with Crippen LogP contribution in [-0.4, -0.2) is 59.5 Å². The summed E-state index contributed by atoms with van der Waals surface area (Å²) in [6.07, 6.45) is 0. The van der Waals surface area contributed by atoms with Gasteiger partial charge in [-0.1, -0.05) is 0 Å². The van der Waals surface area contributed by atoms with Gasteiger partial charge in [-0.25, -0.2) is 4.79 Å². The van der Waals surface area contributed by atoms with E-state index in [1.54, 1.807) is 29.2 Å². The van der Waals surface area contributed by atoms with Crippen LogP contribution >= 0.6 is 0 Å². The van der Waals surface area contributed by atoms with Gasteiger partial charge in [0.2, 0.25) is 0 Å². The molecule has 0 saturated carbocycles. The summed E-state index contributed by atoms with van der Waals surface area (Å²) in [5.41, 5.74) is 4.42. The summed E-state index contributed by atoms with van der Waals surface area (Å²) in [7, 11) is 0. The van der Waals surface area contributed by atoms with Crippen LogP contribution < -0.4 is 4.90 Å². The Morgan fingerprint density at radius 1 is 1.06 bits per heavy atom. The van der Waals surface area contributed by atoms with Gasteiger partial charge in [0.1, 0.15) is 0 Å². The minimum atomic E-state index is -0.525. The molecular weight excluding hydrogens is 412 g/mol. The first-order chi connectivity index (χ1) is 15.3. The topological polar surface area (TPSA) is 109 Å². The number of fused-ring (bicyclic) bond motifs is 1. The highest BCUT2D eigenvalue weighted by Gasteiger charge is 2.23. The standard InChI is InChI=1S/C23H24N4O5/c1-15-16(2)24-21-8-3-17(13-20(15)21)23(29)32-14-22(28)26-11-9-25(10-12-26)18-4-6-19(7-5-18)27(30)31/h3-8,13,24H,9-12,14H2,1-2H3. The Bertz CT molecular complexity index is 1180. The lowest BCUT2D eigenvalue weighted by atomic mass is 10.1. The number of hydrogen-bond acceptors (Lipinski definition) is 6. The number of piperazine rings is 1. The molecule has 1 saturated heterocycles. The third kappa shape index (κ3) is 4.27. The largest absolute Gasteiger partial charge is 0.452 e. The number of benzene rings is 2. The molecule has 32 heavy (non-hydrogen) atoms. The molecule has 1 aromatic heterocycles. The lowest BCUT2D eigenvalue weighted by Gasteiger charge is -2.36. The van der Waals surface area contributed by atoms with Crippen molar-refractivity contribution in [3.05, 3.63) is 69.4 Å². The summed E-state index contributed by atoms with van der Waals surface area (Å²) in [6, 6.07) is 11.7. The lowest BCUT2D eigenvalue weighted by molar-refractivity contribution is -0.384. The number of anilines is 1. The number of aromatic amines is 1. The van der Waals surface area contributed by atoms with Gasteiger partial charge in [0.05, 0.1) is 10.5 Å². The zero-order chi connectivity index (χ0) is 22.8. The molecule has 0 bridgehead atoms. The fourth-order valence-corrected chi connectivity index (χ4v) is 3.89.